The first-order valence-corrected chi connectivity index (χ1v) is 5.98. The second-order valence-electron chi connectivity index (χ2n) is 4.19. The molecule has 5 heteroatoms. The highest BCUT2D eigenvalue weighted by Gasteiger charge is 2.11. The second-order valence-corrected chi connectivity index (χ2v) is 4.55. The van der Waals surface area contributed by atoms with Gasteiger partial charge in [-0.2, -0.15) is 5.10 Å². The Kier molecular flexibility index (Phi) is 2.52. The Bertz CT molecular complexity index is 733. The van der Waals surface area contributed by atoms with Crippen LogP contribution in [-0.4, -0.2) is 19.7 Å². The summed E-state index contributed by atoms with van der Waals surface area (Å²) in [5, 5.41) is 5.55. The lowest BCUT2D eigenvalue weighted by Gasteiger charge is -2.04. The first-order chi connectivity index (χ1) is 8.65. The zero-order chi connectivity index (χ0) is 12.7. The molecule has 0 aliphatic carbocycles. The van der Waals surface area contributed by atoms with E-state index in [4.69, 9.17) is 11.6 Å². The maximum atomic E-state index is 6.09. The molecule has 3 aromatic rings. The summed E-state index contributed by atoms with van der Waals surface area (Å²) in [6.45, 7) is 3.86. The van der Waals surface area contributed by atoms with Gasteiger partial charge in [0, 0.05) is 0 Å². The summed E-state index contributed by atoms with van der Waals surface area (Å²) < 4.78 is 1.78. The predicted molar refractivity (Wildman–Crippen MR) is 71.1 cm³/mol. The lowest BCUT2D eigenvalue weighted by atomic mass is 10.2. The van der Waals surface area contributed by atoms with Crippen molar-refractivity contribution >= 4 is 22.6 Å². The number of hydrogen-bond donors (Lipinski definition) is 0. The van der Waals surface area contributed by atoms with Gasteiger partial charge in [-0.15, -0.1) is 0 Å². The molecule has 0 amide bonds. The van der Waals surface area contributed by atoms with Crippen molar-refractivity contribution in [3.05, 3.63) is 47.0 Å². The van der Waals surface area contributed by atoms with Crippen LogP contribution in [0.4, 0.5) is 0 Å². The normalized spacial score (nSPS) is 11.1. The standard InChI is InChI=1S/C13H11ClN4/c1-8-4-3-5-10(6-8)18-13-11(7-15-18)12(14)16-9(2)17-13/h3-7H,1-2H3. The molecule has 0 saturated heterocycles. The molecule has 1 aromatic carbocycles. The molecule has 0 N–H and O–H groups in total. The van der Waals surface area contributed by atoms with Crippen LogP contribution < -0.4 is 0 Å². The van der Waals surface area contributed by atoms with E-state index in [1.807, 2.05) is 32.0 Å². The minimum atomic E-state index is 0.441. The van der Waals surface area contributed by atoms with Gasteiger partial charge in [0.05, 0.1) is 17.3 Å². The Balaban J connectivity index is 2.30. The fourth-order valence-electron chi connectivity index (χ4n) is 1.92. The number of hydrogen-bond acceptors (Lipinski definition) is 3. The van der Waals surface area contributed by atoms with Gasteiger partial charge in [0.1, 0.15) is 11.0 Å². The molecule has 0 fully saturated rings. The van der Waals surface area contributed by atoms with Crippen molar-refractivity contribution in [1.82, 2.24) is 19.7 Å². The SMILES string of the molecule is Cc1cccc(-n2ncc3c(Cl)nc(C)nc32)c1. The zero-order valence-corrected chi connectivity index (χ0v) is 10.8. The Morgan fingerprint density at radius 2 is 2.00 bits per heavy atom. The Hall–Kier alpha value is -1.94. The van der Waals surface area contributed by atoms with Gasteiger partial charge >= 0.3 is 0 Å². The summed E-state index contributed by atoms with van der Waals surface area (Å²) in [5.74, 6) is 0.641. The first kappa shape index (κ1) is 11.2. The van der Waals surface area contributed by atoms with Gasteiger partial charge in [-0.25, -0.2) is 14.6 Å². The summed E-state index contributed by atoms with van der Waals surface area (Å²) in [6, 6.07) is 8.08. The van der Waals surface area contributed by atoms with E-state index in [1.165, 1.54) is 5.56 Å². The minimum Gasteiger partial charge on any atom is -0.221 e. The van der Waals surface area contributed by atoms with Crippen LogP contribution in [0.25, 0.3) is 16.7 Å². The molecule has 90 valence electrons. The van der Waals surface area contributed by atoms with Crippen LogP contribution in [0.3, 0.4) is 0 Å². The average Bonchev–Trinajstić information content (AvgIpc) is 2.72. The number of aryl methyl sites for hydroxylation is 2. The van der Waals surface area contributed by atoms with Crippen molar-refractivity contribution in [3.8, 4) is 5.69 Å². The van der Waals surface area contributed by atoms with E-state index in [1.54, 1.807) is 10.9 Å². The second kappa shape index (κ2) is 4.07. The van der Waals surface area contributed by atoms with Gasteiger partial charge in [-0.05, 0) is 31.5 Å². The topological polar surface area (TPSA) is 43.6 Å². The van der Waals surface area contributed by atoms with Crippen molar-refractivity contribution in [2.75, 3.05) is 0 Å². The van der Waals surface area contributed by atoms with E-state index >= 15 is 0 Å². The van der Waals surface area contributed by atoms with Crippen LogP contribution in [0.5, 0.6) is 0 Å². The molecule has 3 rings (SSSR count). The molecule has 0 bridgehead atoms. The largest absolute Gasteiger partial charge is 0.221 e. The fraction of sp³-hybridized carbons (Fsp3) is 0.154. The Morgan fingerprint density at radius 1 is 1.17 bits per heavy atom. The highest BCUT2D eigenvalue weighted by atomic mass is 35.5. The molecule has 0 radical (unpaired) electrons. The maximum Gasteiger partial charge on any atom is 0.168 e. The van der Waals surface area contributed by atoms with Crippen LogP contribution >= 0.6 is 11.6 Å². The van der Waals surface area contributed by atoms with Crippen molar-refractivity contribution in [1.29, 1.82) is 0 Å². The molecule has 0 spiro atoms. The number of fused-ring (bicyclic) bond motifs is 1. The summed E-state index contributed by atoms with van der Waals surface area (Å²) in [6.07, 6.45) is 1.69. The summed E-state index contributed by atoms with van der Waals surface area (Å²) in [5.41, 5.74) is 2.88. The molecule has 2 heterocycles. The number of nitrogens with zero attached hydrogens (tertiary/aromatic N) is 4. The van der Waals surface area contributed by atoms with Crippen LogP contribution in [-0.2, 0) is 0 Å². The highest BCUT2D eigenvalue weighted by Crippen LogP contribution is 2.22. The summed E-state index contributed by atoms with van der Waals surface area (Å²) in [7, 11) is 0. The van der Waals surface area contributed by atoms with Crippen molar-refractivity contribution in [2.45, 2.75) is 13.8 Å². The van der Waals surface area contributed by atoms with Crippen molar-refractivity contribution in [2.24, 2.45) is 0 Å². The molecule has 4 nitrogen and oxygen atoms in total. The smallest absolute Gasteiger partial charge is 0.168 e. The van der Waals surface area contributed by atoms with Gasteiger partial charge in [0.25, 0.3) is 0 Å². The van der Waals surface area contributed by atoms with Gasteiger partial charge < -0.3 is 0 Å². The van der Waals surface area contributed by atoms with Crippen LogP contribution in [0.1, 0.15) is 11.4 Å². The molecule has 18 heavy (non-hydrogen) atoms. The average molecular weight is 259 g/mol. The third-order valence-corrected chi connectivity index (χ3v) is 3.03. The van der Waals surface area contributed by atoms with Gasteiger partial charge in [-0.1, -0.05) is 23.7 Å². The molecule has 0 unspecified atom stereocenters. The van der Waals surface area contributed by atoms with Crippen molar-refractivity contribution in [3.63, 3.8) is 0 Å². The summed E-state index contributed by atoms with van der Waals surface area (Å²) in [4.78, 5) is 8.53. The molecule has 0 aliphatic heterocycles. The monoisotopic (exact) mass is 258 g/mol. The van der Waals surface area contributed by atoms with Crippen LogP contribution in [0.2, 0.25) is 5.15 Å². The molecule has 0 aliphatic rings. The van der Waals surface area contributed by atoms with E-state index in [9.17, 15) is 0 Å². The third-order valence-electron chi connectivity index (χ3n) is 2.74. The Morgan fingerprint density at radius 3 is 2.78 bits per heavy atom. The quantitative estimate of drug-likeness (QED) is 0.630. The summed E-state index contributed by atoms with van der Waals surface area (Å²) >= 11 is 6.09. The van der Waals surface area contributed by atoms with Crippen molar-refractivity contribution < 1.29 is 0 Å². The molecule has 0 saturated carbocycles. The van der Waals surface area contributed by atoms with Gasteiger partial charge in [0.15, 0.2) is 5.65 Å². The maximum absolute atomic E-state index is 6.09. The zero-order valence-electron chi connectivity index (χ0n) is 10.1. The number of halogens is 1. The molecular formula is C13H11ClN4. The van der Waals surface area contributed by atoms with E-state index < -0.39 is 0 Å². The van der Waals surface area contributed by atoms with E-state index in [0.717, 1.165) is 16.7 Å². The van der Waals surface area contributed by atoms with Gasteiger partial charge in [-0.3, -0.25) is 0 Å². The lowest BCUT2D eigenvalue weighted by molar-refractivity contribution is 0.888. The number of rotatable bonds is 1. The van der Waals surface area contributed by atoms with E-state index in [-0.39, 0.29) is 0 Å². The van der Waals surface area contributed by atoms with Gasteiger partial charge in [0.2, 0.25) is 0 Å². The molecular weight excluding hydrogens is 248 g/mol. The highest BCUT2D eigenvalue weighted by molar-refractivity contribution is 6.33. The van der Waals surface area contributed by atoms with Crippen LogP contribution in [0, 0.1) is 13.8 Å². The minimum absolute atomic E-state index is 0.441. The number of aromatic nitrogens is 4. The number of benzene rings is 1. The van der Waals surface area contributed by atoms with E-state index in [0.29, 0.717) is 11.0 Å². The Labute approximate surface area is 109 Å². The molecule has 0 atom stereocenters. The third kappa shape index (κ3) is 1.75. The fourth-order valence-corrected chi connectivity index (χ4v) is 2.18. The first-order valence-electron chi connectivity index (χ1n) is 5.60. The lowest BCUT2D eigenvalue weighted by Crippen LogP contribution is -1.99. The predicted octanol–water partition coefficient (Wildman–Crippen LogP) is 3.09. The van der Waals surface area contributed by atoms with Crippen LogP contribution in [0.15, 0.2) is 30.5 Å². The van der Waals surface area contributed by atoms with E-state index in [2.05, 4.69) is 21.1 Å². The molecule has 2 aromatic heterocycles.